The molecule has 2 rings (SSSR count). The van der Waals surface area contributed by atoms with Gasteiger partial charge >= 0.3 is 0 Å². The summed E-state index contributed by atoms with van der Waals surface area (Å²) in [6, 6.07) is 1.30. The summed E-state index contributed by atoms with van der Waals surface area (Å²) in [5.74, 6) is 0.976. The highest BCUT2D eigenvalue weighted by atomic mass is 35.7. The fourth-order valence-corrected chi connectivity index (χ4v) is 3.52. The van der Waals surface area contributed by atoms with Crippen molar-refractivity contribution in [1.29, 1.82) is 0 Å². The molecule has 1 heterocycles. The van der Waals surface area contributed by atoms with Crippen LogP contribution in [0.15, 0.2) is 17.2 Å². The standard InChI is InChI=1S/C13H19ClN2O3S/c1-9-3-4-10(5-9)7-15-13(17)12-6-11(8-16(12)2)20(14,18)19/h6,8-10H,3-5,7H2,1-2H3,(H,15,17). The van der Waals surface area contributed by atoms with Crippen LogP contribution in [0.4, 0.5) is 0 Å². The zero-order chi connectivity index (χ0) is 14.9. The van der Waals surface area contributed by atoms with Gasteiger partial charge < -0.3 is 9.88 Å². The van der Waals surface area contributed by atoms with Crippen LogP contribution in [0.25, 0.3) is 0 Å². The van der Waals surface area contributed by atoms with Gasteiger partial charge in [-0.05, 0) is 30.7 Å². The van der Waals surface area contributed by atoms with Gasteiger partial charge in [-0.2, -0.15) is 0 Å². The van der Waals surface area contributed by atoms with Gasteiger partial charge in [0.1, 0.15) is 10.6 Å². The molecule has 112 valence electrons. The Morgan fingerprint density at radius 2 is 2.20 bits per heavy atom. The van der Waals surface area contributed by atoms with E-state index >= 15 is 0 Å². The zero-order valence-corrected chi connectivity index (χ0v) is 13.2. The number of halogens is 1. The number of carbonyl (C=O) groups excluding carboxylic acids is 1. The van der Waals surface area contributed by atoms with Gasteiger partial charge in [-0.3, -0.25) is 4.79 Å². The van der Waals surface area contributed by atoms with Crippen molar-refractivity contribution in [2.24, 2.45) is 18.9 Å². The summed E-state index contributed by atoms with van der Waals surface area (Å²) in [7, 11) is 3.09. The highest BCUT2D eigenvalue weighted by Crippen LogP contribution is 2.29. The summed E-state index contributed by atoms with van der Waals surface area (Å²) in [5, 5.41) is 2.87. The van der Waals surface area contributed by atoms with E-state index in [1.807, 2.05) is 0 Å². The molecule has 2 unspecified atom stereocenters. The molecule has 0 saturated heterocycles. The average molecular weight is 319 g/mol. The van der Waals surface area contributed by atoms with Gasteiger partial charge in [0.2, 0.25) is 0 Å². The summed E-state index contributed by atoms with van der Waals surface area (Å²) in [6.07, 6.45) is 4.82. The predicted octanol–water partition coefficient (Wildman–Crippen LogP) is 2.12. The third kappa shape index (κ3) is 3.55. The summed E-state index contributed by atoms with van der Waals surface area (Å²) in [6.45, 7) is 2.86. The first kappa shape index (κ1) is 15.4. The molecule has 2 atom stereocenters. The Morgan fingerprint density at radius 3 is 2.70 bits per heavy atom. The van der Waals surface area contributed by atoms with E-state index < -0.39 is 9.05 Å². The van der Waals surface area contributed by atoms with Gasteiger partial charge in [-0.1, -0.05) is 13.3 Å². The normalized spacial score (nSPS) is 22.9. The predicted molar refractivity (Wildman–Crippen MR) is 77.3 cm³/mol. The highest BCUT2D eigenvalue weighted by molar-refractivity contribution is 8.13. The molecule has 1 aliphatic rings. The van der Waals surface area contributed by atoms with Gasteiger partial charge in [-0.15, -0.1) is 0 Å². The molecule has 0 spiro atoms. The molecule has 1 aliphatic carbocycles. The van der Waals surface area contributed by atoms with E-state index in [0.717, 1.165) is 18.8 Å². The maximum absolute atomic E-state index is 12.1. The second-order valence-electron chi connectivity index (χ2n) is 5.60. The topological polar surface area (TPSA) is 68.2 Å². The van der Waals surface area contributed by atoms with Crippen LogP contribution >= 0.6 is 10.7 Å². The van der Waals surface area contributed by atoms with Gasteiger partial charge in [-0.25, -0.2) is 8.42 Å². The first-order valence-corrected chi connectivity index (χ1v) is 8.97. The molecule has 0 aromatic carbocycles. The number of rotatable bonds is 4. The van der Waals surface area contributed by atoms with E-state index in [2.05, 4.69) is 12.2 Å². The maximum Gasteiger partial charge on any atom is 0.267 e. The van der Waals surface area contributed by atoms with E-state index in [1.54, 1.807) is 7.05 Å². The molecule has 0 radical (unpaired) electrons. The Balaban J connectivity index is 2.01. The number of hydrogen-bond acceptors (Lipinski definition) is 3. The number of aryl methyl sites for hydroxylation is 1. The van der Waals surface area contributed by atoms with Crippen LogP contribution in [-0.2, 0) is 16.1 Å². The molecule has 0 bridgehead atoms. The van der Waals surface area contributed by atoms with Crippen molar-refractivity contribution in [3.63, 3.8) is 0 Å². The Bertz CT molecular complexity index is 609. The number of nitrogens with zero attached hydrogens (tertiary/aromatic N) is 1. The molecular weight excluding hydrogens is 300 g/mol. The lowest BCUT2D eigenvalue weighted by Crippen LogP contribution is -2.29. The number of aromatic nitrogens is 1. The number of nitrogens with one attached hydrogen (secondary N) is 1. The average Bonchev–Trinajstić information content (AvgIpc) is 2.92. The molecule has 20 heavy (non-hydrogen) atoms. The van der Waals surface area contributed by atoms with Crippen LogP contribution in [0.3, 0.4) is 0 Å². The smallest absolute Gasteiger partial charge is 0.267 e. The first-order valence-electron chi connectivity index (χ1n) is 6.66. The number of amides is 1. The van der Waals surface area contributed by atoms with E-state index in [1.165, 1.54) is 23.3 Å². The van der Waals surface area contributed by atoms with Crippen molar-refractivity contribution in [2.45, 2.75) is 31.1 Å². The molecule has 7 heteroatoms. The molecule has 0 aliphatic heterocycles. The fraction of sp³-hybridized carbons (Fsp3) is 0.615. The van der Waals surface area contributed by atoms with Crippen LogP contribution in [0.1, 0.15) is 36.7 Å². The highest BCUT2D eigenvalue weighted by Gasteiger charge is 2.23. The number of carbonyl (C=O) groups is 1. The summed E-state index contributed by atoms with van der Waals surface area (Å²) < 4.78 is 24.0. The van der Waals surface area contributed by atoms with E-state index in [-0.39, 0.29) is 10.8 Å². The molecule has 1 amide bonds. The summed E-state index contributed by atoms with van der Waals surface area (Å²) in [4.78, 5) is 12.0. The van der Waals surface area contributed by atoms with Crippen molar-refractivity contribution < 1.29 is 13.2 Å². The van der Waals surface area contributed by atoms with Crippen LogP contribution < -0.4 is 5.32 Å². The Hall–Kier alpha value is -1.01. The van der Waals surface area contributed by atoms with E-state index in [9.17, 15) is 13.2 Å². The zero-order valence-electron chi connectivity index (χ0n) is 11.6. The van der Waals surface area contributed by atoms with Crippen molar-refractivity contribution in [1.82, 2.24) is 9.88 Å². The molecule has 5 nitrogen and oxygen atoms in total. The first-order chi connectivity index (χ1) is 9.27. The van der Waals surface area contributed by atoms with E-state index in [4.69, 9.17) is 10.7 Å². The molecule has 1 fully saturated rings. The fourth-order valence-electron chi connectivity index (χ4n) is 2.73. The van der Waals surface area contributed by atoms with Crippen molar-refractivity contribution in [2.75, 3.05) is 6.54 Å². The lowest BCUT2D eigenvalue weighted by Gasteiger charge is -2.11. The third-order valence-corrected chi connectivity index (χ3v) is 5.17. The molecule has 1 aromatic heterocycles. The minimum Gasteiger partial charge on any atom is -0.350 e. The second-order valence-corrected chi connectivity index (χ2v) is 8.17. The lowest BCUT2D eigenvalue weighted by atomic mass is 10.1. The molecule has 1 N–H and O–H groups in total. The minimum atomic E-state index is -3.80. The van der Waals surface area contributed by atoms with Crippen LogP contribution in [0.2, 0.25) is 0 Å². The molecular formula is C13H19ClN2O3S. The SMILES string of the molecule is CC1CCC(CNC(=O)c2cc(S(=O)(=O)Cl)cn2C)C1. The van der Waals surface area contributed by atoms with Crippen molar-refractivity contribution >= 4 is 25.6 Å². The second kappa shape index (κ2) is 5.77. The Morgan fingerprint density at radius 1 is 1.50 bits per heavy atom. The molecule has 1 aromatic rings. The van der Waals surface area contributed by atoms with Crippen LogP contribution in [0.5, 0.6) is 0 Å². The van der Waals surface area contributed by atoms with Gasteiger partial charge in [0.05, 0.1) is 0 Å². The monoisotopic (exact) mass is 318 g/mol. The van der Waals surface area contributed by atoms with Crippen molar-refractivity contribution in [3.05, 3.63) is 18.0 Å². The van der Waals surface area contributed by atoms with Gasteiger partial charge in [0.15, 0.2) is 0 Å². The van der Waals surface area contributed by atoms with Crippen LogP contribution in [0, 0.1) is 11.8 Å². The van der Waals surface area contributed by atoms with Gasteiger partial charge in [0.25, 0.3) is 15.0 Å². The maximum atomic E-state index is 12.1. The van der Waals surface area contributed by atoms with Crippen molar-refractivity contribution in [3.8, 4) is 0 Å². The Kier molecular flexibility index (Phi) is 4.44. The quantitative estimate of drug-likeness (QED) is 0.865. The third-order valence-electron chi connectivity index (χ3n) is 3.85. The summed E-state index contributed by atoms with van der Waals surface area (Å²) in [5.41, 5.74) is 0.301. The lowest BCUT2D eigenvalue weighted by molar-refractivity contribution is 0.0939. The van der Waals surface area contributed by atoms with Gasteiger partial charge in [0, 0.05) is 30.5 Å². The van der Waals surface area contributed by atoms with Crippen LogP contribution in [-0.4, -0.2) is 25.4 Å². The number of hydrogen-bond donors (Lipinski definition) is 1. The largest absolute Gasteiger partial charge is 0.350 e. The van der Waals surface area contributed by atoms with E-state index in [0.29, 0.717) is 18.2 Å². The Labute approximate surface area is 123 Å². The molecule has 1 saturated carbocycles. The summed E-state index contributed by atoms with van der Waals surface area (Å²) >= 11 is 0. The minimum absolute atomic E-state index is 0.0543.